The highest BCUT2D eigenvalue weighted by atomic mass is 19.1. The summed E-state index contributed by atoms with van der Waals surface area (Å²) in [6.45, 7) is 2.35. The molecule has 0 heterocycles. The molecule has 4 nitrogen and oxygen atoms in total. The maximum atomic E-state index is 12.9. The molecule has 0 saturated heterocycles. The minimum Gasteiger partial charge on any atom is -0.409 e. The van der Waals surface area contributed by atoms with E-state index in [1.165, 1.54) is 12.1 Å². The molecule has 0 saturated carbocycles. The Morgan fingerprint density at radius 2 is 2.31 bits per heavy atom. The Labute approximate surface area is 94.2 Å². The fraction of sp³-hybridized carbons (Fsp3) is 0.364. The van der Waals surface area contributed by atoms with Crippen LogP contribution in [-0.4, -0.2) is 29.0 Å². The molecular formula is C11H16FN3O. The largest absolute Gasteiger partial charge is 0.409 e. The van der Waals surface area contributed by atoms with Gasteiger partial charge in [-0.1, -0.05) is 17.3 Å². The summed E-state index contributed by atoms with van der Waals surface area (Å²) < 4.78 is 12.9. The molecular weight excluding hydrogens is 209 g/mol. The van der Waals surface area contributed by atoms with Crippen molar-refractivity contribution in [2.24, 2.45) is 10.9 Å². The van der Waals surface area contributed by atoms with Crippen LogP contribution in [0.2, 0.25) is 0 Å². The molecule has 1 rings (SSSR count). The molecule has 0 aliphatic carbocycles. The first-order valence-corrected chi connectivity index (χ1v) is 4.96. The molecule has 5 heteroatoms. The second kappa shape index (κ2) is 5.46. The van der Waals surface area contributed by atoms with Gasteiger partial charge >= 0.3 is 0 Å². The Bertz CT molecular complexity index is 381. The summed E-state index contributed by atoms with van der Waals surface area (Å²) in [5, 5.41) is 11.5. The van der Waals surface area contributed by atoms with Crippen molar-refractivity contribution in [2.75, 3.05) is 7.05 Å². The van der Waals surface area contributed by atoms with Crippen molar-refractivity contribution in [3.8, 4) is 0 Å². The van der Waals surface area contributed by atoms with E-state index >= 15 is 0 Å². The van der Waals surface area contributed by atoms with Crippen LogP contribution < -0.4 is 5.73 Å². The topological polar surface area (TPSA) is 61.9 Å². The summed E-state index contributed by atoms with van der Waals surface area (Å²) in [4.78, 5) is 1.86. The molecule has 16 heavy (non-hydrogen) atoms. The first kappa shape index (κ1) is 12.4. The van der Waals surface area contributed by atoms with Crippen LogP contribution in [0.15, 0.2) is 29.4 Å². The number of benzene rings is 1. The van der Waals surface area contributed by atoms with Crippen molar-refractivity contribution < 1.29 is 9.60 Å². The van der Waals surface area contributed by atoms with Gasteiger partial charge in [-0.05, 0) is 31.7 Å². The van der Waals surface area contributed by atoms with Crippen LogP contribution in [0.4, 0.5) is 4.39 Å². The Balaban J connectivity index is 2.67. The molecule has 88 valence electrons. The Hall–Kier alpha value is -1.62. The number of likely N-dealkylation sites (N-methyl/N-ethyl adjacent to an activating group) is 1. The van der Waals surface area contributed by atoms with Crippen LogP contribution in [0.25, 0.3) is 0 Å². The number of amidine groups is 1. The van der Waals surface area contributed by atoms with E-state index in [-0.39, 0.29) is 17.7 Å². The van der Waals surface area contributed by atoms with Crippen molar-refractivity contribution in [1.82, 2.24) is 4.90 Å². The maximum absolute atomic E-state index is 12.9. The van der Waals surface area contributed by atoms with Gasteiger partial charge in [-0.3, -0.25) is 4.90 Å². The van der Waals surface area contributed by atoms with Gasteiger partial charge in [-0.2, -0.15) is 0 Å². The zero-order valence-corrected chi connectivity index (χ0v) is 9.39. The second-order valence-corrected chi connectivity index (χ2v) is 3.75. The summed E-state index contributed by atoms with van der Waals surface area (Å²) in [5.41, 5.74) is 6.33. The molecule has 3 N–H and O–H groups in total. The van der Waals surface area contributed by atoms with Crippen LogP contribution in [0.1, 0.15) is 12.5 Å². The van der Waals surface area contributed by atoms with Gasteiger partial charge in [-0.25, -0.2) is 4.39 Å². The lowest BCUT2D eigenvalue weighted by molar-refractivity contribution is 0.279. The highest BCUT2D eigenvalue weighted by molar-refractivity contribution is 5.84. The van der Waals surface area contributed by atoms with Gasteiger partial charge in [-0.15, -0.1) is 0 Å². The molecule has 0 bridgehead atoms. The number of nitrogens with two attached hydrogens (primary N) is 1. The molecule has 0 fully saturated rings. The standard InChI is InChI=1S/C11H16FN3O/c1-8(11(13)14-16)15(2)7-9-4-3-5-10(12)6-9/h3-6,8,16H,7H2,1-2H3,(H2,13,14). The third-order valence-electron chi connectivity index (χ3n) is 2.53. The maximum Gasteiger partial charge on any atom is 0.156 e. The van der Waals surface area contributed by atoms with Gasteiger partial charge < -0.3 is 10.9 Å². The zero-order chi connectivity index (χ0) is 12.1. The van der Waals surface area contributed by atoms with Crippen LogP contribution >= 0.6 is 0 Å². The van der Waals surface area contributed by atoms with Crippen LogP contribution in [-0.2, 0) is 6.54 Å². The van der Waals surface area contributed by atoms with Crippen molar-refractivity contribution >= 4 is 5.84 Å². The zero-order valence-electron chi connectivity index (χ0n) is 9.39. The van der Waals surface area contributed by atoms with Gasteiger partial charge in [0.05, 0.1) is 6.04 Å². The van der Waals surface area contributed by atoms with Gasteiger partial charge in [0.2, 0.25) is 0 Å². The quantitative estimate of drug-likeness (QED) is 0.352. The normalized spacial score (nSPS) is 14.1. The van der Waals surface area contributed by atoms with Gasteiger partial charge in [0, 0.05) is 6.54 Å². The molecule has 1 unspecified atom stereocenters. The van der Waals surface area contributed by atoms with E-state index in [9.17, 15) is 4.39 Å². The van der Waals surface area contributed by atoms with E-state index < -0.39 is 0 Å². The summed E-state index contributed by atoms with van der Waals surface area (Å²) in [7, 11) is 1.83. The molecule has 0 aromatic heterocycles. The number of hydrogen-bond donors (Lipinski definition) is 2. The Kier molecular flexibility index (Phi) is 4.25. The number of oxime groups is 1. The van der Waals surface area contributed by atoms with Gasteiger partial charge in [0.1, 0.15) is 5.82 Å². The molecule has 0 aliphatic rings. The number of nitrogens with zero attached hydrogens (tertiary/aromatic N) is 2. The summed E-state index contributed by atoms with van der Waals surface area (Å²) in [5.74, 6) is -0.124. The van der Waals surface area contributed by atoms with E-state index in [1.54, 1.807) is 6.07 Å². The summed E-state index contributed by atoms with van der Waals surface area (Å²) in [6.07, 6.45) is 0. The average Bonchev–Trinajstić information content (AvgIpc) is 2.27. The number of halogens is 1. The molecule has 0 amide bonds. The predicted molar refractivity (Wildman–Crippen MR) is 60.7 cm³/mol. The Morgan fingerprint density at radius 3 is 2.88 bits per heavy atom. The smallest absolute Gasteiger partial charge is 0.156 e. The predicted octanol–water partition coefficient (Wildman–Crippen LogP) is 1.39. The van der Waals surface area contributed by atoms with Crippen LogP contribution in [0, 0.1) is 5.82 Å². The fourth-order valence-electron chi connectivity index (χ4n) is 1.37. The minimum absolute atomic E-state index is 0.138. The van der Waals surface area contributed by atoms with Crippen molar-refractivity contribution in [1.29, 1.82) is 0 Å². The third kappa shape index (κ3) is 3.20. The van der Waals surface area contributed by atoms with E-state index in [4.69, 9.17) is 10.9 Å². The minimum atomic E-state index is -0.262. The molecule has 1 aromatic carbocycles. The Morgan fingerprint density at radius 1 is 1.62 bits per heavy atom. The summed E-state index contributed by atoms with van der Waals surface area (Å²) >= 11 is 0. The molecule has 0 radical (unpaired) electrons. The van der Waals surface area contributed by atoms with Crippen molar-refractivity contribution in [3.63, 3.8) is 0 Å². The molecule has 0 aliphatic heterocycles. The average molecular weight is 225 g/mol. The molecule has 1 atom stereocenters. The van der Waals surface area contributed by atoms with Crippen LogP contribution in [0.5, 0.6) is 0 Å². The summed E-state index contributed by atoms with van der Waals surface area (Å²) in [6, 6.07) is 6.16. The first-order chi connectivity index (χ1) is 7.54. The van der Waals surface area contributed by atoms with Crippen molar-refractivity contribution in [3.05, 3.63) is 35.6 Å². The van der Waals surface area contributed by atoms with E-state index in [1.807, 2.05) is 24.9 Å². The monoisotopic (exact) mass is 225 g/mol. The first-order valence-electron chi connectivity index (χ1n) is 4.96. The van der Waals surface area contributed by atoms with Crippen molar-refractivity contribution in [2.45, 2.75) is 19.5 Å². The lowest BCUT2D eigenvalue weighted by atomic mass is 10.2. The van der Waals surface area contributed by atoms with Crippen LogP contribution in [0.3, 0.4) is 0 Å². The SMILES string of the molecule is CC(C(N)=NO)N(C)Cc1cccc(F)c1. The van der Waals surface area contributed by atoms with Gasteiger partial charge in [0.25, 0.3) is 0 Å². The number of hydrogen-bond acceptors (Lipinski definition) is 3. The molecule has 0 spiro atoms. The van der Waals surface area contributed by atoms with E-state index in [0.717, 1.165) is 5.56 Å². The van der Waals surface area contributed by atoms with Gasteiger partial charge in [0.15, 0.2) is 5.84 Å². The third-order valence-corrected chi connectivity index (χ3v) is 2.53. The fourth-order valence-corrected chi connectivity index (χ4v) is 1.37. The van der Waals surface area contributed by atoms with E-state index in [0.29, 0.717) is 6.54 Å². The second-order valence-electron chi connectivity index (χ2n) is 3.75. The highest BCUT2D eigenvalue weighted by Crippen LogP contribution is 2.08. The lowest BCUT2D eigenvalue weighted by Gasteiger charge is -2.23. The highest BCUT2D eigenvalue weighted by Gasteiger charge is 2.13. The lowest BCUT2D eigenvalue weighted by Crippen LogP contribution is -2.40. The number of rotatable bonds is 4. The molecule has 1 aromatic rings. The van der Waals surface area contributed by atoms with E-state index in [2.05, 4.69) is 5.16 Å².